The Hall–Kier alpha value is -1.97. The Balaban J connectivity index is 2.09. The van der Waals surface area contributed by atoms with Crippen molar-refractivity contribution >= 4 is 17.0 Å². The van der Waals surface area contributed by atoms with E-state index in [-0.39, 0.29) is 18.8 Å². The highest BCUT2D eigenvalue weighted by molar-refractivity contribution is 5.81. The third kappa shape index (κ3) is 1.79. The second kappa shape index (κ2) is 4.30. The van der Waals surface area contributed by atoms with E-state index < -0.39 is 24.1 Å². The van der Waals surface area contributed by atoms with E-state index in [1.165, 1.54) is 10.9 Å². The molecule has 2 aromatic heterocycles. The lowest BCUT2D eigenvalue weighted by molar-refractivity contribution is -0.0441. The standard InChI is InChI=1S/C10H13N5O4/c11-8-7-9(13-3-12-8)15(10(18)14-7)6-1-4(17)5(2-16)19-6/h3-6,16-17H,1-2H2,(H,14,18)(H2,11,12,13)/t4-,5-,6-/m1/s1. The van der Waals surface area contributed by atoms with Gasteiger partial charge in [0.15, 0.2) is 11.5 Å². The van der Waals surface area contributed by atoms with Crippen molar-refractivity contribution in [1.82, 2.24) is 19.5 Å². The van der Waals surface area contributed by atoms with E-state index in [4.69, 9.17) is 15.6 Å². The lowest BCUT2D eigenvalue weighted by atomic mass is 10.2. The second-order valence-corrected chi connectivity index (χ2v) is 4.37. The quantitative estimate of drug-likeness (QED) is 0.510. The van der Waals surface area contributed by atoms with E-state index in [2.05, 4.69) is 15.0 Å². The number of fused-ring (bicyclic) bond motifs is 1. The molecule has 0 aromatic carbocycles. The third-order valence-electron chi connectivity index (χ3n) is 3.21. The molecule has 3 atom stereocenters. The number of rotatable bonds is 2. The predicted octanol–water partition coefficient (Wildman–Crippen LogP) is -1.66. The molecule has 19 heavy (non-hydrogen) atoms. The number of aliphatic hydroxyl groups excluding tert-OH is 2. The number of aromatic amines is 1. The maximum atomic E-state index is 11.9. The van der Waals surface area contributed by atoms with Crippen LogP contribution in [0.5, 0.6) is 0 Å². The molecule has 1 fully saturated rings. The summed E-state index contributed by atoms with van der Waals surface area (Å²) in [5.41, 5.74) is 5.85. The van der Waals surface area contributed by atoms with Gasteiger partial charge in [-0.2, -0.15) is 0 Å². The second-order valence-electron chi connectivity index (χ2n) is 4.37. The van der Waals surface area contributed by atoms with Gasteiger partial charge in [0.1, 0.15) is 24.2 Å². The Morgan fingerprint density at radius 2 is 2.37 bits per heavy atom. The van der Waals surface area contributed by atoms with Crippen molar-refractivity contribution in [1.29, 1.82) is 0 Å². The number of hydrogen-bond donors (Lipinski definition) is 4. The van der Waals surface area contributed by atoms with Gasteiger partial charge in [-0.25, -0.2) is 19.3 Å². The van der Waals surface area contributed by atoms with Gasteiger partial charge in [0, 0.05) is 6.42 Å². The van der Waals surface area contributed by atoms with E-state index in [1.54, 1.807) is 0 Å². The topological polar surface area (TPSA) is 139 Å². The van der Waals surface area contributed by atoms with Crippen LogP contribution in [-0.2, 0) is 4.74 Å². The molecule has 0 amide bonds. The van der Waals surface area contributed by atoms with Gasteiger partial charge in [0.25, 0.3) is 0 Å². The molecule has 9 nitrogen and oxygen atoms in total. The van der Waals surface area contributed by atoms with Crippen LogP contribution >= 0.6 is 0 Å². The first-order valence-electron chi connectivity index (χ1n) is 5.77. The first kappa shape index (κ1) is 12.1. The first-order valence-corrected chi connectivity index (χ1v) is 5.77. The number of H-pyrrole nitrogens is 1. The summed E-state index contributed by atoms with van der Waals surface area (Å²) in [4.78, 5) is 22.3. The van der Waals surface area contributed by atoms with Gasteiger partial charge in [-0.15, -0.1) is 0 Å². The van der Waals surface area contributed by atoms with Crippen LogP contribution in [0.15, 0.2) is 11.1 Å². The Morgan fingerprint density at radius 1 is 1.58 bits per heavy atom. The van der Waals surface area contributed by atoms with E-state index in [0.717, 1.165) is 0 Å². The van der Waals surface area contributed by atoms with Gasteiger partial charge in [0.05, 0.1) is 12.7 Å². The molecule has 0 unspecified atom stereocenters. The molecule has 2 aromatic rings. The number of nitrogen functional groups attached to an aromatic ring is 1. The van der Waals surface area contributed by atoms with Gasteiger partial charge in [0.2, 0.25) is 0 Å². The minimum absolute atomic E-state index is 0.165. The summed E-state index contributed by atoms with van der Waals surface area (Å²) in [5, 5.41) is 18.8. The average molecular weight is 267 g/mol. The highest BCUT2D eigenvalue weighted by atomic mass is 16.5. The number of anilines is 1. The average Bonchev–Trinajstić information content (AvgIpc) is 2.90. The molecule has 1 aliphatic rings. The summed E-state index contributed by atoms with van der Waals surface area (Å²) in [6, 6.07) is 0. The largest absolute Gasteiger partial charge is 0.394 e. The lowest BCUT2D eigenvalue weighted by Crippen LogP contribution is -2.25. The summed E-state index contributed by atoms with van der Waals surface area (Å²) >= 11 is 0. The molecule has 0 bridgehead atoms. The van der Waals surface area contributed by atoms with Crippen LogP contribution in [0.1, 0.15) is 12.6 Å². The molecule has 0 aliphatic carbocycles. The summed E-state index contributed by atoms with van der Waals surface area (Å²) in [5.74, 6) is 0.165. The van der Waals surface area contributed by atoms with Gasteiger partial charge in [-0.3, -0.25) is 0 Å². The van der Waals surface area contributed by atoms with Crippen LogP contribution < -0.4 is 11.4 Å². The summed E-state index contributed by atoms with van der Waals surface area (Å²) in [7, 11) is 0. The Bertz CT molecular complexity index is 665. The van der Waals surface area contributed by atoms with Crippen molar-refractivity contribution in [2.24, 2.45) is 0 Å². The molecule has 3 heterocycles. The summed E-state index contributed by atoms with van der Waals surface area (Å²) in [6.45, 7) is -0.314. The van der Waals surface area contributed by atoms with Crippen LogP contribution in [0.2, 0.25) is 0 Å². The van der Waals surface area contributed by atoms with Crippen LogP contribution in [0.25, 0.3) is 11.2 Å². The minimum Gasteiger partial charge on any atom is -0.394 e. The molecule has 5 N–H and O–H groups in total. The highest BCUT2D eigenvalue weighted by Gasteiger charge is 2.36. The molecule has 102 valence electrons. The monoisotopic (exact) mass is 267 g/mol. The van der Waals surface area contributed by atoms with Crippen LogP contribution in [0.3, 0.4) is 0 Å². The molecule has 1 saturated heterocycles. The SMILES string of the molecule is Nc1ncnc2c1[nH]c(=O)n2[C@H]1C[C@@H](O)[C@@H](CO)O1. The number of aromatic nitrogens is 4. The number of nitrogens with one attached hydrogen (secondary N) is 1. The van der Waals surface area contributed by atoms with Crippen molar-refractivity contribution in [3.8, 4) is 0 Å². The van der Waals surface area contributed by atoms with Crippen molar-refractivity contribution in [3.05, 3.63) is 16.8 Å². The maximum Gasteiger partial charge on any atom is 0.329 e. The molecular weight excluding hydrogens is 254 g/mol. The predicted molar refractivity (Wildman–Crippen MR) is 64.2 cm³/mol. The fraction of sp³-hybridized carbons (Fsp3) is 0.500. The highest BCUT2D eigenvalue weighted by Crippen LogP contribution is 2.29. The summed E-state index contributed by atoms with van der Waals surface area (Å²) < 4.78 is 6.71. The summed E-state index contributed by atoms with van der Waals surface area (Å²) in [6.07, 6.45) is -0.784. The van der Waals surface area contributed by atoms with Gasteiger partial charge < -0.3 is 25.7 Å². The van der Waals surface area contributed by atoms with Gasteiger partial charge >= 0.3 is 5.69 Å². The number of nitrogens with two attached hydrogens (primary N) is 1. The maximum absolute atomic E-state index is 11.9. The number of aliphatic hydroxyl groups is 2. The minimum atomic E-state index is -0.828. The van der Waals surface area contributed by atoms with Gasteiger partial charge in [-0.05, 0) is 0 Å². The Morgan fingerprint density at radius 3 is 3.05 bits per heavy atom. The molecule has 3 rings (SSSR count). The van der Waals surface area contributed by atoms with Crippen LogP contribution in [0, 0.1) is 0 Å². The van der Waals surface area contributed by atoms with Crippen LogP contribution in [0.4, 0.5) is 5.82 Å². The lowest BCUT2D eigenvalue weighted by Gasteiger charge is -2.12. The first-order chi connectivity index (χ1) is 9.11. The van der Waals surface area contributed by atoms with E-state index in [1.807, 2.05) is 0 Å². The van der Waals surface area contributed by atoms with Crippen LogP contribution in [-0.4, -0.2) is 48.5 Å². The number of ether oxygens (including phenoxy) is 1. The Labute approximate surface area is 106 Å². The molecule has 0 saturated carbocycles. The molecule has 1 aliphatic heterocycles. The fourth-order valence-corrected chi connectivity index (χ4v) is 2.26. The van der Waals surface area contributed by atoms with E-state index in [0.29, 0.717) is 11.2 Å². The smallest absolute Gasteiger partial charge is 0.329 e. The van der Waals surface area contributed by atoms with Crippen molar-refractivity contribution in [2.45, 2.75) is 24.9 Å². The molecular formula is C10H13N5O4. The van der Waals surface area contributed by atoms with Gasteiger partial charge in [-0.1, -0.05) is 0 Å². The number of imidazole rings is 1. The molecule has 0 radical (unpaired) electrons. The fourth-order valence-electron chi connectivity index (χ4n) is 2.26. The van der Waals surface area contributed by atoms with Crippen molar-refractivity contribution in [2.75, 3.05) is 12.3 Å². The zero-order chi connectivity index (χ0) is 13.6. The van der Waals surface area contributed by atoms with Crippen molar-refractivity contribution in [3.63, 3.8) is 0 Å². The third-order valence-corrected chi connectivity index (χ3v) is 3.21. The Kier molecular flexibility index (Phi) is 2.73. The van der Waals surface area contributed by atoms with E-state index in [9.17, 15) is 9.90 Å². The normalized spacial score (nSPS) is 27.2. The molecule has 9 heteroatoms. The zero-order valence-electron chi connectivity index (χ0n) is 9.85. The zero-order valence-corrected chi connectivity index (χ0v) is 9.85. The van der Waals surface area contributed by atoms with E-state index >= 15 is 0 Å². The number of nitrogens with zero attached hydrogens (tertiary/aromatic N) is 3. The molecule has 0 spiro atoms. The number of hydrogen-bond acceptors (Lipinski definition) is 7. The van der Waals surface area contributed by atoms with Crippen molar-refractivity contribution < 1.29 is 14.9 Å².